The maximum atomic E-state index is 5.40. The van der Waals surface area contributed by atoms with Crippen LogP contribution >= 0.6 is 0 Å². The summed E-state index contributed by atoms with van der Waals surface area (Å²) in [6.07, 6.45) is 2.16. The minimum Gasteiger partial charge on any atom is -0.316 e. The van der Waals surface area contributed by atoms with E-state index in [0.29, 0.717) is 5.95 Å². The van der Waals surface area contributed by atoms with Crippen LogP contribution in [0.2, 0.25) is 0 Å². The number of fused-ring (bicyclic) bond motifs is 8. The second-order valence-electron chi connectivity index (χ2n) is 13.1. The van der Waals surface area contributed by atoms with Gasteiger partial charge in [-0.1, -0.05) is 103 Å². The van der Waals surface area contributed by atoms with Gasteiger partial charge in [-0.3, -0.25) is 4.57 Å². The van der Waals surface area contributed by atoms with Crippen molar-refractivity contribution in [2.45, 2.75) is 0 Å². The molecular formula is C46H29N5. The van der Waals surface area contributed by atoms with Crippen molar-refractivity contribution in [2.24, 2.45) is 0 Å². The molecule has 4 aromatic heterocycles. The molecular weight excluding hydrogens is 623 g/mol. The van der Waals surface area contributed by atoms with Crippen LogP contribution in [0.15, 0.2) is 176 Å². The fraction of sp³-hybridized carbons (Fsp3) is 0. The Morgan fingerprint density at radius 3 is 1.75 bits per heavy atom. The lowest BCUT2D eigenvalue weighted by atomic mass is 10.1. The highest BCUT2D eigenvalue weighted by Gasteiger charge is 2.22. The summed E-state index contributed by atoms with van der Waals surface area (Å²) in [6.45, 7) is 0. The maximum Gasteiger partial charge on any atom is 0.235 e. The largest absolute Gasteiger partial charge is 0.316 e. The van der Waals surface area contributed by atoms with Crippen molar-refractivity contribution in [3.63, 3.8) is 0 Å². The number of hydrogen-bond donors (Lipinski definition) is 0. The van der Waals surface area contributed by atoms with Gasteiger partial charge in [-0.2, -0.15) is 0 Å². The molecule has 51 heavy (non-hydrogen) atoms. The number of rotatable bonds is 4. The Bertz CT molecular complexity index is 3120. The van der Waals surface area contributed by atoms with Gasteiger partial charge in [0.2, 0.25) is 5.95 Å². The summed E-state index contributed by atoms with van der Waals surface area (Å²) in [6, 6.07) is 60.2. The van der Waals surface area contributed by atoms with E-state index in [0.717, 1.165) is 60.9 Å². The van der Waals surface area contributed by atoms with Gasteiger partial charge in [0.15, 0.2) is 0 Å². The highest BCUT2D eigenvalue weighted by atomic mass is 15.2. The highest BCUT2D eigenvalue weighted by Crippen LogP contribution is 2.41. The lowest BCUT2D eigenvalue weighted by Crippen LogP contribution is -2.03. The SMILES string of the molecule is c1ccc(-c2nc(-n3c4cc5c6ccccc6n(-c6ccccc6)c5cc4c4cc5ccn(-c6ccccc6)c5cc43)nc3ccccc23)cc1. The fourth-order valence-corrected chi connectivity index (χ4v) is 7.97. The number of para-hydroxylation sites is 4. The average molecular weight is 652 g/mol. The molecule has 11 aromatic rings. The van der Waals surface area contributed by atoms with Gasteiger partial charge in [-0.05, 0) is 66.7 Å². The van der Waals surface area contributed by atoms with Crippen LogP contribution in [0.25, 0.3) is 94.0 Å². The molecule has 0 bridgehead atoms. The molecule has 0 saturated heterocycles. The normalized spacial score (nSPS) is 11.9. The van der Waals surface area contributed by atoms with Gasteiger partial charge < -0.3 is 9.13 Å². The summed E-state index contributed by atoms with van der Waals surface area (Å²) in [5, 5.41) is 6.92. The van der Waals surface area contributed by atoms with E-state index in [4.69, 9.17) is 9.97 Å². The molecule has 0 saturated carbocycles. The van der Waals surface area contributed by atoms with Crippen molar-refractivity contribution >= 4 is 65.4 Å². The molecule has 0 aliphatic carbocycles. The predicted octanol–water partition coefficient (Wildman–Crippen LogP) is 11.4. The van der Waals surface area contributed by atoms with Crippen LogP contribution in [0.3, 0.4) is 0 Å². The molecule has 11 rings (SSSR count). The first-order chi connectivity index (χ1) is 25.3. The zero-order chi connectivity index (χ0) is 33.5. The third-order valence-corrected chi connectivity index (χ3v) is 10.3. The van der Waals surface area contributed by atoms with E-state index in [2.05, 4.69) is 184 Å². The summed E-state index contributed by atoms with van der Waals surface area (Å²) < 4.78 is 6.93. The van der Waals surface area contributed by atoms with Gasteiger partial charge in [0.25, 0.3) is 0 Å². The minimum absolute atomic E-state index is 0.649. The second kappa shape index (κ2) is 10.8. The molecule has 0 amide bonds. The van der Waals surface area contributed by atoms with Crippen LogP contribution in [0.1, 0.15) is 0 Å². The summed E-state index contributed by atoms with van der Waals surface area (Å²) >= 11 is 0. The first-order valence-corrected chi connectivity index (χ1v) is 17.3. The van der Waals surface area contributed by atoms with Gasteiger partial charge in [-0.25, -0.2) is 9.97 Å². The fourth-order valence-electron chi connectivity index (χ4n) is 7.97. The predicted molar refractivity (Wildman–Crippen MR) is 210 cm³/mol. The maximum absolute atomic E-state index is 5.40. The van der Waals surface area contributed by atoms with Crippen molar-refractivity contribution in [2.75, 3.05) is 0 Å². The van der Waals surface area contributed by atoms with Crippen LogP contribution < -0.4 is 0 Å². The number of hydrogen-bond acceptors (Lipinski definition) is 2. The molecule has 0 radical (unpaired) electrons. The molecule has 7 aromatic carbocycles. The molecule has 5 nitrogen and oxygen atoms in total. The topological polar surface area (TPSA) is 40.6 Å². The molecule has 4 heterocycles. The van der Waals surface area contributed by atoms with Gasteiger partial charge in [0, 0.05) is 55.5 Å². The second-order valence-corrected chi connectivity index (χ2v) is 13.1. The first kappa shape index (κ1) is 27.9. The molecule has 0 spiro atoms. The molecule has 0 fully saturated rings. The highest BCUT2D eigenvalue weighted by molar-refractivity contribution is 6.20. The Kier molecular flexibility index (Phi) is 5.89. The quantitative estimate of drug-likeness (QED) is 0.190. The third kappa shape index (κ3) is 4.15. The number of aromatic nitrogens is 5. The van der Waals surface area contributed by atoms with E-state index >= 15 is 0 Å². The molecule has 238 valence electrons. The lowest BCUT2D eigenvalue weighted by molar-refractivity contribution is 1.01. The van der Waals surface area contributed by atoms with Crippen LogP contribution in [-0.2, 0) is 0 Å². The number of nitrogens with zero attached hydrogens (tertiary/aromatic N) is 5. The van der Waals surface area contributed by atoms with Crippen LogP contribution in [-0.4, -0.2) is 23.7 Å². The van der Waals surface area contributed by atoms with E-state index < -0.39 is 0 Å². The zero-order valence-corrected chi connectivity index (χ0v) is 27.5. The standard InChI is InChI=1S/C46H29N5/c1-4-14-30(15-5-1)45-35-21-10-12-22-39(35)47-46(48-45)51-43-27-37-34-20-11-13-23-40(34)50(33-18-8-3-9-19-33)42(37)28-38(43)36-26-31-24-25-49(41(31)29-44(36)51)32-16-6-2-7-17-32/h1-29H. The smallest absolute Gasteiger partial charge is 0.235 e. The van der Waals surface area contributed by atoms with E-state index in [1.165, 1.54) is 27.2 Å². The van der Waals surface area contributed by atoms with Crippen molar-refractivity contribution in [3.05, 3.63) is 176 Å². The van der Waals surface area contributed by atoms with Gasteiger partial charge >= 0.3 is 0 Å². The minimum atomic E-state index is 0.649. The summed E-state index contributed by atoms with van der Waals surface area (Å²) in [5.74, 6) is 0.649. The van der Waals surface area contributed by atoms with E-state index in [1.807, 2.05) is 6.07 Å². The average Bonchev–Trinajstić information content (AvgIpc) is 3.86. The Hall–Kier alpha value is -6.98. The molecule has 0 aliphatic rings. The Labute approximate surface area is 292 Å². The van der Waals surface area contributed by atoms with Crippen molar-refractivity contribution in [1.29, 1.82) is 0 Å². The molecule has 0 atom stereocenters. The molecule has 0 N–H and O–H groups in total. The Balaban J connectivity index is 1.31. The number of benzene rings is 7. The van der Waals surface area contributed by atoms with E-state index in [1.54, 1.807) is 0 Å². The van der Waals surface area contributed by atoms with Crippen LogP contribution in [0.5, 0.6) is 0 Å². The van der Waals surface area contributed by atoms with Gasteiger partial charge in [0.05, 0.1) is 38.8 Å². The van der Waals surface area contributed by atoms with E-state index in [-0.39, 0.29) is 0 Å². The molecule has 5 heteroatoms. The zero-order valence-electron chi connectivity index (χ0n) is 27.5. The van der Waals surface area contributed by atoms with Crippen LogP contribution in [0, 0.1) is 0 Å². The molecule has 0 aliphatic heterocycles. The summed E-state index contributed by atoms with van der Waals surface area (Å²) in [7, 11) is 0. The summed E-state index contributed by atoms with van der Waals surface area (Å²) in [5.41, 5.74) is 10.8. The first-order valence-electron chi connectivity index (χ1n) is 17.3. The van der Waals surface area contributed by atoms with Crippen LogP contribution in [0.4, 0.5) is 0 Å². The monoisotopic (exact) mass is 651 g/mol. The molecule has 0 unspecified atom stereocenters. The Morgan fingerprint density at radius 2 is 0.961 bits per heavy atom. The van der Waals surface area contributed by atoms with Crippen molar-refractivity contribution < 1.29 is 0 Å². The van der Waals surface area contributed by atoms with Crippen molar-refractivity contribution in [1.82, 2.24) is 23.7 Å². The lowest BCUT2D eigenvalue weighted by Gasteiger charge is -2.12. The van der Waals surface area contributed by atoms with E-state index in [9.17, 15) is 0 Å². The third-order valence-electron chi connectivity index (χ3n) is 10.3. The Morgan fingerprint density at radius 1 is 0.373 bits per heavy atom. The van der Waals surface area contributed by atoms with Gasteiger partial charge in [0.1, 0.15) is 0 Å². The summed E-state index contributed by atoms with van der Waals surface area (Å²) in [4.78, 5) is 10.7. The van der Waals surface area contributed by atoms with Crippen molar-refractivity contribution in [3.8, 4) is 28.6 Å². The van der Waals surface area contributed by atoms with Gasteiger partial charge in [-0.15, -0.1) is 0 Å².